The van der Waals surface area contributed by atoms with Crippen molar-refractivity contribution in [1.29, 1.82) is 0 Å². The van der Waals surface area contributed by atoms with Crippen molar-refractivity contribution in [2.45, 2.75) is 109 Å². The number of carbonyl (C=O) groups is 3. The van der Waals surface area contributed by atoms with Gasteiger partial charge in [0.2, 0.25) is 11.8 Å². The minimum absolute atomic E-state index is 0.0463. The Morgan fingerprint density at radius 1 is 1.00 bits per heavy atom. The van der Waals surface area contributed by atoms with Crippen molar-refractivity contribution in [2.24, 2.45) is 17.3 Å². The molecule has 70 heavy (non-hydrogen) atoms. The van der Waals surface area contributed by atoms with E-state index in [0.29, 0.717) is 31.0 Å². The van der Waals surface area contributed by atoms with Crippen LogP contribution in [-0.4, -0.2) is 109 Å². The molecule has 11 rings (SSSR count). The lowest BCUT2D eigenvalue weighted by atomic mass is 9.84. The number of hydrogen-bond donors (Lipinski definition) is 2. The average Bonchev–Trinajstić information content (AvgIpc) is 4.25. The summed E-state index contributed by atoms with van der Waals surface area (Å²) in [4.78, 5) is 69.1. The summed E-state index contributed by atoms with van der Waals surface area (Å²) in [6, 6.07) is 14.7. The van der Waals surface area contributed by atoms with E-state index >= 15 is 4.79 Å². The number of carbonyl (C=O) groups excluding carboxylic acids is 3. The van der Waals surface area contributed by atoms with E-state index in [1.54, 1.807) is 32.0 Å². The van der Waals surface area contributed by atoms with E-state index in [4.69, 9.17) is 28.6 Å². The number of hydrazine groups is 1. The largest absolute Gasteiger partial charge is 0.464 e. The standard InChI is InChI=1S/C53H60N10O7/c1-30-43(39-16-20-55-29-57-39)44(30)49(64)59-46-48(68-26-32-14-18-54-19-15-32)50-58-41(27-69-50)33-10-13-42-37(22-33)38(23-53(3,4)28-70-52(66)40-9-7-21-62(60-40)51(46)65)47(36-8-6-17-56-45(36)31(2)67-5)63(42)35-24-61(25-35)34-11-12-34/h6,8,10,13-20,22,27,29-31,34-35,40,43-44,46,48,60H,7,9,11-12,21,23-26,28H2,1-5H3,(H,59,64)/t30-,31-,40-,43-,44+,46-,48-/m0/s1. The number of benzene rings is 1. The zero-order chi connectivity index (χ0) is 48.3. The second-order valence-corrected chi connectivity index (χ2v) is 20.5. The number of oxazole rings is 1. The predicted molar refractivity (Wildman–Crippen MR) is 257 cm³/mol. The lowest BCUT2D eigenvalue weighted by molar-refractivity contribution is -0.157. The first-order chi connectivity index (χ1) is 34.0. The Balaban J connectivity index is 1.05. The molecule has 6 aromatic rings. The molecule has 1 aromatic carbocycles. The molecule has 0 spiro atoms. The van der Waals surface area contributed by atoms with Crippen LogP contribution in [0.1, 0.15) is 106 Å². The maximum atomic E-state index is 15.1. The van der Waals surface area contributed by atoms with Crippen LogP contribution in [0, 0.1) is 17.3 Å². The zero-order valence-electron chi connectivity index (χ0n) is 40.3. The van der Waals surface area contributed by atoms with Gasteiger partial charge in [0.05, 0.1) is 36.7 Å². The number of ether oxygens (including phenoxy) is 3. The van der Waals surface area contributed by atoms with Crippen molar-refractivity contribution in [3.05, 3.63) is 114 Å². The number of rotatable bonds is 11. The smallest absolute Gasteiger partial charge is 0.324 e. The minimum atomic E-state index is -1.33. The van der Waals surface area contributed by atoms with Crippen LogP contribution in [0.25, 0.3) is 33.4 Å². The third-order valence-electron chi connectivity index (χ3n) is 15.0. The molecule has 0 radical (unpaired) electrons. The van der Waals surface area contributed by atoms with Gasteiger partial charge in [-0.15, -0.1) is 0 Å². The molecule has 5 aromatic heterocycles. The van der Waals surface area contributed by atoms with Gasteiger partial charge in [0.1, 0.15) is 30.4 Å². The normalized spacial score (nSPS) is 25.5. The van der Waals surface area contributed by atoms with Crippen LogP contribution in [0.4, 0.5) is 0 Å². The third-order valence-corrected chi connectivity index (χ3v) is 15.0. The Hall–Kier alpha value is -6.40. The number of nitrogens with one attached hydrogen (secondary N) is 2. The molecule has 2 aliphatic carbocycles. The predicted octanol–water partition coefficient (Wildman–Crippen LogP) is 6.68. The number of amides is 2. The lowest BCUT2D eigenvalue weighted by Gasteiger charge is -2.42. The molecule has 6 bridgehead atoms. The summed E-state index contributed by atoms with van der Waals surface area (Å²) in [5.41, 5.74) is 10.6. The Morgan fingerprint density at radius 3 is 2.59 bits per heavy atom. The number of esters is 1. The van der Waals surface area contributed by atoms with Crippen LogP contribution >= 0.6 is 0 Å². The molecule has 7 atom stereocenters. The molecule has 4 fully saturated rings. The number of aromatic nitrogens is 6. The molecule has 2 saturated heterocycles. The molecule has 5 aliphatic rings. The van der Waals surface area contributed by atoms with Crippen molar-refractivity contribution in [3.63, 3.8) is 0 Å². The summed E-state index contributed by atoms with van der Waals surface area (Å²) >= 11 is 0. The highest BCUT2D eigenvalue weighted by Crippen LogP contribution is 2.53. The quantitative estimate of drug-likeness (QED) is 0.131. The van der Waals surface area contributed by atoms with Gasteiger partial charge in [-0.3, -0.25) is 34.3 Å². The van der Waals surface area contributed by atoms with Crippen molar-refractivity contribution in [1.82, 2.24) is 50.1 Å². The molecule has 0 unspecified atom stereocenters. The van der Waals surface area contributed by atoms with Gasteiger partial charge < -0.3 is 28.5 Å². The summed E-state index contributed by atoms with van der Waals surface area (Å²) in [5.74, 6) is -1.87. The van der Waals surface area contributed by atoms with E-state index in [1.807, 2.05) is 44.3 Å². The first-order valence-corrected chi connectivity index (χ1v) is 24.6. The van der Waals surface area contributed by atoms with Crippen molar-refractivity contribution in [2.75, 3.05) is 33.4 Å². The van der Waals surface area contributed by atoms with E-state index in [9.17, 15) is 9.59 Å². The van der Waals surface area contributed by atoms with Crippen LogP contribution in [0.2, 0.25) is 0 Å². The van der Waals surface area contributed by atoms with Crippen LogP contribution in [0.5, 0.6) is 0 Å². The van der Waals surface area contributed by atoms with Crippen LogP contribution < -0.4 is 10.7 Å². The monoisotopic (exact) mass is 948 g/mol. The molecule has 17 heteroatoms. The first kappa shape index (κ1) is 46.0. The third kappa shape index (κ3) is 8.88. The molecule has 2 amide bonds. The summed E-state index contributed by atoms with van der Waals surface area (Å²) in [7, 11) is 1.71. The summed E-state index contributed by atoms with van der Waals surface area (Å²) in [6.07, 6.45) is 12.4. The highest BCUT2D eigenvalue weighted by molar-refractivity contribution is 5.95. The Kier molecular flexibility index (Phi) is 12.3. The molecule has 8 heterocycles. The summed E-state index contributed by atoms with van der Waals surface area (Å²) in [6.45, 7) is 10.6. The highest BCUT2D eigenvalue weighted by Gasteiger charge is 2.55. The van der Waals surface area contributed by atoms with Crippen molar-refractivity contribution < 1.29 is 33.0 Å². The number of pyridine rings is 2. The van der Waals surface area contributed by atoms with E-state index in [1.165, 1.54) is 24.2 Å². The fraction of sp³-hybridized carbons (Fsp3) is 0.472. The zero-order valence-corrected chi connectivity index (χ0v) is 40.3. The molecule has 2 N–H and O–H groups in total. The first-order valence-electron chi connectivity index (χ1n) is 24.6. The Labute approximate surface area is 406 Å². The van der Waals surface area contributed by atoms with Gasteiger partial charge in [-0.05, 0) is 98.5 Å². The van der Waals surface area contributed by atoms with Gasteiger partial charge in [-0.1, -0.05) is 26.8 Å². The van der Waals surface area contributed by atoms with Gasteiger partial charge in [0.25, 0.3) is 5.91 Å². The molecule has 3 aliphatic heterocycles. The van der Waals surface area contributed by atoms with Gasteiger partial charge in [-0.25, -0.2) is 20.4 Å². The number of hydrogen-bond acceptors (Lipinski definition) is 14. The van der Waals surface area contributed by atoms with E-state index in [2.05, 4.69) is 73.3 Å². The molecule has 364 valence electrons. The Bertz CT molecular complexity index is 2900. The molecular weight excluding hydrogens is 889 g/mol. The SMILES string of the molecule is CO[C@@H](C)c1ncccc1-c1c2c3cc(ccc3n1C1CN(C3CC3)C1)-c1coc(n1)[C@@H](OCc1ccncc1)[C@H](NC(=O)[C@@H]1[C@@H](C)[C@H]1c1ccncn1)C(=O)N1CCC[C@H](N1)C(=O)OCC(C)(C)C2. The topological polar surface area (TPSA) is 192 Å². The summed E-state index contributed by atoms with van der Waals surface area (Å²) in [5, 5.41) is 5.55. The summed E-state index contributed by atoms with van der Waals surface area (Å²) < 4.78 is 27.8. The van der Waals surface area contributed by atoms with Gasteiger partial charge >= 0.3 is 5.97 Å². The van der Waals surface area contributed by atoms with E-state index in [0.717, 1.165) is 63.3 Å². The van der Waals surface area contributed by atoms with Gasteiger partial charge in [0, 0.05) is 103 Å². The van der Waals surface area contributed by atoms with E-state index < -0.39 is 41.4 Å². The number of likely N-dealkylation sites (tertiary alicyclic amines) is 1. The molecular formula is C53H60N10O7. The lowest BCUT2D eigenvalue weighted by Crippen LogP contribution is -2.61. The van der Waals surface area contributed by atoms with Gasteiger partial charge in [0.15, 0.2) is 6.10 Å². The maximum absolute atomic E-state index is 15.1. The van der Waals surface area contributed by atoms with Crippen LogP contribution in [0.15, 0.2) is 90.3 Å². The number of nitrogens with zero attached hydrogens (tertiary/aromatic N) is 8. The molecule has 17 nitrogen and oxygen atoms in total. The fourth-order valence-electron chi connectivity index (χ4n) is 10.9. The average molecular weight is 949 g/mol. The number of cyclic esters (lactones) is 1. The van der Waals surface area contributed by atoms with Gasteiger partial charge in [-0.2, -0.15) is 0 Å². The second kappa shape index (κ2) is 18.7. The van der Waals surface area contributed by atoms with Crippen LogP contribution in [-0.2, 0) is 41.6 Å². The van der Waals surface area contributed by atoms with Crippen molar-refractivity contribution >= 4 is 28.7 Å². The number of fused-ring (bicyclic) bond motifs is 6. The minimum Gasteiger partial charge on any atom is -0.464 e. The van der Waals surface area contributed by atoms with E-state index in [-0.39, 0.29) is 55.5 Å². The van der Waals surface area contributed by atoms with Crippen LogP contribution in [0.3, 0.4) is 0 Å². The second-order valence-electron chi connectivity index (χ2n) is 20.5. The molecule has 2 saturated carbocycles. The number of methoxy groups -OCH3 is 1. The fourth-order valence-corrected chi connectivity index (χ4v) is 10.9. The Morgan fingerprint density at radius 2 is 1.81 bits per heavy atom. The van der Waals surface area contributed by atoms with Crippen molar-refractivity contribution in [3.8, 4) is 22.5 Å². The highest BCUT2D eigenvalue weighted by atomic mass is 16.5. The maximum Gasteiger partial charge on any atom is 0.324 e.